The van der Waals surface area contributed by atoms with Crippen LogP contribution in [0.5, 0.6) is 5.75 Å². The molecular weight excluding hydrogens is 445 g/mol. The van der Waals surface area contributed by atoms with Crippen molar-refractivity contribution in [1.82, 2.24) is 10.3 Å². The van der Waals surface area contributed by atoms with Gasteiger partial charge < -0.3 is 25.0 Å². The summed E-state index contributed by atoms with van der Waals surface area (Å²) in [6, 6.07) is 7.33. The number of carboxylic acids is 1. The molecule has 178 valence electrons. The van der Waals surface area contributed by atoms with Crippen LogP contribution in [-0.2, 0) is 9.59 Å². The maximum atomic E-state index is 14.9. The molecule has 0 bridgehead atoms. The largest absolute Gasteiger partial charge is 0.487 e. The van der Waals surface area contributed by atoms with Crippen LogP contribution in [0, 0.1) is 5.82 Å². The molecule has 1 saturated heterocycles. The number of hydrogen-bond donors (Lipinski definition) is 3. The molecule has 10 nitrogen and oxygen atoms in total. The van der Waals surface area contributed by atoms with E-state index < -0.39 is 23.6 Å². The first-order valence-corrected chi connectivity index (χ1v) is 10.7. The van der Waals surface area contributed by atoms with Crippen LogP contribution in [0.25, 0.3) is 0 Å². The fourth-order valence-electron chi connectivity index (χ4n) is 4.01. The third-order valence-electron chi connectivity index (χ3n) is 5.59. The van der Waals surface area contributed by atoms with Gasteiger partial charge in [0, 0.05) is 31.5 Å². The molecule has 1 atom stereocenters. The number of ether oxygens (including phenoxy) is 1. The Hall–Kier alpha value is -4.15. The summed E-state index contributed by atoms with van der Waals surface area (Å²) in [7, 11) is 0. The third-order valence-corrected chi connectivity index (χ3v) is 5.59. The average Bonchev–Trinajstić information content (AvgIpc) is 3.25. The maximum absolute atomic E-state index is 14.9. The number of halogens is 1. The minimum Gasteiger partial charge on any atom is -0.487 e. The van der Waals surface area contributed by atoms with Crippen molar-refractivity contribution in [2.45, 2.75) is 19.4 Å². The number of hydrogen-bond acceptors (Lipinski definition) is 7. The van der Waals surface area contributed by atoms with Gasteiger partial charge in [-0.1, -0.05) is 6.07 Å². The van der Waals surface area contributed by atoms with Crippen LogP contribution < -0.4 is 25.2 Å². The normalized spacial score (nSPS) is 17.6. The predicted molar refractivity (Wildman–Crippen MR) is 123 cm³/mol. The second kappa shape index (κ2) is 9.77. The molecule has 34 heavy (non-hydrogen) atoms. The van der Waals surface area contributed by atoms with E-state index in [2.05, 4.69) is 15.6 Å². The SMILES string of the molecule is CC(=O)/C(=C\N1CCOc2c1ccc(F)c2N1CCC(NC(=O)Nc2ccccn2)C1)C(=O)O. The molecular formula is C23H24FN5O5. The molecule has 2 aromatic rings. The second-order valence-electron chi connectivity index (χ2n) is 7.94. The average molecular weight is 469 g/mol. The fourth-order valence-corrected chi connectivity index (χ4v) is 4.01. The number of carbonyl (C=O) groups excluding carboxylic acids is 2. The van der Waals surface area contributed by atoms with Crippen LogP contribution in [0.15, 0.2) is 48.3 Å². The van der Waals surface area contributed by atoms with Gasteiger partial charge in [0.05, 0.1) is 12.2 Å². The van der Waals surface area contributed by atoms with Gasteiger partial charge >= 0.3 is 12.0 Å². The van der Waals surface area contributed by atoms with Crippen molar-refractivity contribution in [3.63, 3.8) is 0 Å². The minimum atomic E-state index is -1.33. The molecule has 1 fully saturated rings. The van der Waals surface area contributed by atoms with E-state index in [1.165, 1.54) is 25.3 Å². The van der Waals surface area contributed by atoms with Gasteiger partial charge in [-0.25, -0.2) is 19.0 Å². The summed E-state index contributed by atoms with van der Waals surface area (Å²) < 4.78 is 20.7. The number of anilines is 3. The van der Waals surface area contributed by atoms with Gasteiger partial charge in [0.25, 0.3) is 0 Å². The number of nitrogens with one attached hydrogen (secondary N) is 2. The Kier molecular flexibility index (Phi) is 6.62. The number of benzene rings is 1. The molecule has 11 heteroatoms. The van der Waals surface area contributed by atoms with E-state index in [9.17, 15) is 23.9 Å². The van der Waals surface area contributed by atoms with Crippen molar-refractivity contribution in [3.05, 3.63) is 54.1 Å². The zero-order valence-electron chi connectivity index (χ0n) is 18.5. The summed E-state index contributed by atoms with van der Waals surface area (Å²) in [6.45, 7) is 2.51. The number of Topliss-reactive ketones (excluding diaryl/α,β-unsaturated/α-hetero) is 1. The lowest BCUT2D eigenvalue weighted by Gasteiger charge is -2.32. The number of nitrogens with zero attached hydrogens (tertiary/aromatic N) is 3. The quantitative estimate of drug-likeness (QED) is 0.335. The number of carboxylic acid groups (broad SMARTS) is 1. The molecule has 2 aliphatic rings. The van der Waals surface area contributed by atoms with Crippen LogP contribution in [-0.4, -0.2) is 60.2 Å². The van der Waals surface area contributed by atoms with E-state index in [1.54, 1.807) is 34.2 Å². The number of carbonyl (C=O) groups is 3. The predicted octanol–water partition coefficient (Wildman–Crippen LogP) is 2.38. The summed E-state index contributed by atoms with van der Waals surface area (Å²) in [5, 5.41) is 14.9. The zero-order valence-corrected chi connectivity index (χ0v) is 18.5. The number of fused-ring (bicyclic) bond motifs is 1. The number of rotatable bonds is 6. The van der Waals surface area contributed by atoms with Gasteiger partial charge in [-0.05, 0) is 37.6 Å². The minimum absolute atomic E-state index is 0.187. The first kappa shape index (κ1) is 23.0. The first-order valence-electron chi connectivity index (χ1n) is 10.7. The topological polar surface area (TPSA) is 124 Å². The van der Waals surface area contributed by atoms with E-state index >= 15 is 0 Å². The lowest BCUT2D eigenvalue weighted by atomic mass is 10.1. The molecule has 2 amide bonds. The van der Waals surface area contributed by atoms with Crippen molar-refractivity contribution in [3.8, 4) is 5.75 Å². The molecule has 0 saturated carbocycles. The number of aliphatic carboxylic acids is 1. The van der Waals surface area contributed by atoms with E-state index in [0.29, 0.717) is 37.6 Å². The van der Waals surface area contributed by atoms with Crippen molar-refractivity contribution in [2.24, 2.45) is 0 Å². The van der Waals surface area contributed by atoms with E-state index in [4.69, 9.17) is 4.74 Å². The molecule has 3 heterocycles. The maximum Gasteiger partial charge on any atom is 0.340 e. The highest BCUT2D eigenvalue weighted by Gasteiger charge is 2.32. The number of aromatic nitrogens is 1. The Labute approximate surface area is 195 Å². The van der Waals surface area contributed by atoms with Crippen molar-refractivity contribution < 1.29 is 28.6 Å². The molecule has 2 aliphatic heterocycles. The monoisotopic (exact) mass is 469 g/mol. The summed E-state index contributed by atoms with van der Waals surface area (Å²) in [4.78, 5) is 42.9. The molecule has 1 unspecified atom stereocenters. The van der Waals surface area contributed by atoms with Gasteiger partial charge in [-0.2, -0.15) is 0 Å². The molecule has 0 radical (unpaired) electrons. The third kappa shape index (κ3) is 4.92. The lowest BCUT2D eigenvalue weighted by molar-refractivity contribution is -0.134. The Bertz CT molecular complexity index is 1120. The molecule has 0 aliphatic carbocycles. The van der Waals surface area contributed by atoms with Crippen LogP contribution in [0.2, 0.25) is 0 Å². The smallest absolute Gasteiger partial charge is 0.340 e. The molecule has 0 spiro atoms. The summed E-state index contributed by atoms with van der Waals surface area (Å²) in [5.74, 6) is -1.71. The Balaban J connectivity index is 1.52. The van der Waals surface area contributed by atoms with Gasteiger partial charge in [-0.15, -0.1) is 0 Å². The number of amides is 2. The number of urea groups is 1. The van der Waals surface area contributed by atoms with E-state index in [0.717, 1.165) is 0 Å². The van der Waals surface area contributed by atoms with E-state index in [1.807, 2.05) is 0 Å². The number of pyridine rings is 1. The van der Waals surface area contributed by atoms with Gasteiger partial charge in [0.15, 0.2) is 11.5 Å². The first-order chi connectivity index (χ1) is 16.3. The molecule has 3 N–H and O–H groups in total. The van der Waals surface area contributed by atoms with Crippen molar-refractivity contribution in [2.75, 3.05) is 41.4 Å². The Morgan fingerprint density at radius 3 is 2.76 bits per heavy atom. The van der Waals surface area contributed by atoms with Gasteiger partial charge in [-0.3, -0.25) is 10.1 Å². The second-order valence-corrected chi connectivity index (χ2v) is 7.94. The highest BCUT2D eigenvalue weighted by Crippen LogP contribution is 2.43. The van der Waals surface area contributed by atoms with E-state index in [-0.39, 0.29) is 29.7 Å². The Morgan fingerprint density at radius 2 is 2.06 bits per heavy atom. The lowest BCUT2D eigenvalue weighted by Crippen LogP contribution is -2.40. The van der Waals surface area contributed by atoms with Gasteiger partial charge in [0.2, 0.25) is 0 Å². The summed E-state index contributed by atoms with van der Waals surface area (Å²) in [6.07, 6.45) is 3.42. The zero-order chi connectivity index (χ0) is 24.2. The molecule has 1 aromatic heterocycles. The molecule has 1 aromatic carbocycles. The number of ketones is 1. The van der Waals surface area contributed by atoms with Crippen LogP contribution >= 0.6 is 0 Å². The summed E-state index contributed by atoms with van der Waals surface area (Å²) >= 11 is 0. The standard InChI is InChI=1S/C23H24FN5O5/c1-14(30)16(22(31)32)13-28-10-11-34-21-18(28)6-5-17(24)20(21)29-9-7-15(12-29)26-23(33)27-19-4-2-3-8-25-19/h2-6,8,13,15H,7,9-12H2,1H3,(H,31,32)(H2,25,26,27,33)/b16-13+. The van der Waals surface area contributed by atoms with Gasteiger partial charge in [0.1, 0.15) is 29.5 Å². The fraction of sp³-hybridized carbons (Fsp3) is 0.304. The Morgan fingerprint density at radius 1 is 1.24 bits per heavy atom. The highest BCUT2D eigenvalue weighted by molar-refractivity contribution is 6.15. The van der Waals surface area contributed by atoms with Crippen LogP contribution in [0.1, 0.15) is 13.3 Å². The summed E-state index contributed by atoms with van der Waals surface area (Å²) in [5.41, 5.74) is 0.333. The highest BCUT2D eigenvalue weighted by atomic mass is 19.1. The van der Waals surface area contributed by atoms with Crippen LogP contribution in [0.4, 0.5) is 26.4 Å². The van der Waals surface area contributed by atoms with Crippen molar-refractivity contribution in [1.29, 1.82) is 0 Å². The molecule has 4 rings (SSSR count). The van der Waals surface area contributed by atoms with Crippen molar-refractivity contribution >= 4 is 35.0 Å². The van der Waals surface area contributed by atoms with Crippen LogP contribution in [0.3, 0.4) is 0 Å².